The molecule has 0 aliphatic carbocycles. The average molecular weight is 295 g/mol. The summed E-state index contributed by atoms with van der Waals surface area (Å²) in [6.07, 6.45) is 0.951. The van der Waals surface area contributed by atoms with Crippen LogP contribution in [0.2, 0.25) is 0 Å². The zero-order chi connectivity index (χ0) is 15.0. The number of imidazole rings is 1. The van der Waals surface area contributed by atoms with Crippen LogP contribution in [-0.4, -0.2) is 60.3 Å². The van der Waals surface area contributed by atoms with Gasteiger partial charge in [-0.05, 0) is 6.42 Å². The summed E-state index contributed by atoms with van der Waals surface area (Å²) in [6.45, 7) is -0.323. The van der Waals surface area contributed by atoms with Crippen molar-refractivity contribution in [3.63, 3.8) is 0 Å². The van der Waals surface area contributed by atoms with Gasteiger partial charge in [-0.3, -0.25) is 4.57 Å². The van der Waals surface area contributed by atoms with Crippen LogP contribution >= 0.6 is 0 Å². The van der Waals surface area contributed by atoms with E-state index < -0.39 is 18.4 Å². The summed E-state index contributed by atoms with van der Waals surface area (Å²) in [5, 5.41) is 28.9. The molecule has 9 heteroatoms. The van der Waals surface area contributed by atoms with Gasteiger partial charge in [0.15, 0.2) is 17.7 Å². The fourth-order valence-electron chi connectivity index (χ4n) is 2.76. The molecule has 0 amide bonds. The van der Waals surface area contributed by atoms with Crippen LogP contribution in [0.3, 0.4) is 0 Å². The summed E-state index contributed by atoms with van der Waals surface area (Å²) in [7, 11) is 0. The molecule has 1 fully saturated rings. The average Bonchev–Trinajstić information content (AvgIpc) is 3.03. The summed E-state index contributed by atoms with van der Waals surface area (Å²) in [5.74, 6) is -0.113. The smallest absolute Gasteiger partial charge is 0.167 e. The number of hydrogen-bond donors (Lipinski definition) is 4. The maximum absolute atomic E-state index is 10.4. The van der Waals surface area contributed by atoms with Crippen LogP contribution in [0.25, 0.3) is 11.2 Å². The monoisotopic (exact) mass is 295 g/mol. The van der Waals surface area contributed by atoms with E-state index in [0.717, 1.165) is 0 Å². The molecule has 3 rings (SSSR count). The third-order valence-corrected chi connectivity index (χ3v) is 3.83. The molecule has 1 saturated heterocycles. The van der Waals surface area contributed by atoms with Crippen LogP contribution in [0.4, 0.5) is 5.82 Å². The van der Waals surface area contributed by atoms with E-state index in [-0.39, 0.29) is 24.9 Å². The molecular formula is C12H17N5O4. The maximum atomic E-state index is 10.4. The van der Waals surface area contributed by atoms with E-state index in [2.05, 4.69) is 15.0 Å². The molecule has 0 radical (unpaired) electrons. The summed E-state index contributed by atoms with van der Waals surface area (Å²) >= 11 is 0. The Labute approximate surface area is 120 Å². The molecule has 0 aromatic carbocycles. The lowest BCUT2D eigenvalue weighted by molar-refractivity contribution is -0.0494. The van der Waals surface area contributed by atoms with Crippen LogP contribution in [0.15, 0.2) is 12.7 Å². The van der Waals surface area contributed by atoms with Gasteiger partial charge < -0.3 is 25.8 Å². The van der Waals surface area contributed by atoms with E-state index in [0.29, 0.717) is 17.6 Å². The Bertz CT molecular complexity index is 633. The number of hydrogen-bond acceptors (Lipinski definition) is 8. The summed E-state index contributed by atoms with van der Waals surface area (Å²) in [5.41, 5.74) is 6.61. The molecule has 4 unspecified atom stereocenters. The minimum absolute atomic E-state index is 0.0892. The van der Waals surface area contributed by atoms with Crippen molar-refractivity contribution in [3.05, 3.63) is 12.7 Å². The second-order valence-electron chi connectivity index (χ2n) is 5.00. The predicted octanol–water partition coefficient (Wildman–Crippen LogP) is -1.34. The van der Waals surface area contributed by atoms with Gasteiger partial charge in [-0.1, -0.05) is 0 Å². The number of rotatable bonds is 4. The molecule has 2 aromatic rings. The summed E-state index contributed by atoms with van der Waals surface area (Å²) in [4.78, 5) is 12.1. The van der Waals surface area contributed by atoms with Gasteiger partial charge in [0.05, 0.1) is 19.0 Å². The van der Waals surface area contributed by atoms with Crippen molar-refractivity contribution in [1.29, 1.82) is 0 Å². The molecule has 0 bridgehead atoms. The van der Waals surface area contributed by atoms with Gasteiger partial charge in [-0.25, -0.2) is 15.0 Å². The Balaban J connectivity index is 1.97. The Hall–Kier alpha value is -1.81. The Morgan fingerprint density at radius 2 is 2.10 bits per heavy atom. The number of nitrogens with zero attached hydrogens (tertiary/aromatic N) is 4. The van der Waals surface area contributed by atoms with Gasteiger partial charge in [0.25, 0.3) is 0 Å². The number of aromatic nitrogens is 4. The van der Waals surface area contributed by atoms with Gasteiger partial charge >= 0.3 is 0 Å². The zero-order valence-electron chi connectivity index (χ0n) is 11.2. The highest BCUT2D eigenvalue weighted by Crippen LogP contribution is 2.37. The molecule has 0 saturated carbocycles. The van der Waals surface area contributed by atoms with Crippen molar-refractivity contribution >= 4 is 17.0 Å². The standard InChI is InChI=1S/C12H17N5O4/c13-10-8-11(15-4-14-10)17(5-16-8)12-9(20)6(1-2-18)7(3-19)21-12/h4-7,9,12,18-20H,1-3H2,(H2,13,14,15). The molecule has 4 atom stereocenters. The first-order valence-electron chi connectivity index (χ1n) is 6.65. The first-order chi connectivity index (χ1) is 10.2. The van der Waals surface area contributed by atoms with E-state index in [9.17, 15) is 10.2 Å². The minimum atomic E-state index is -0.886. The lowest BCUT2D eigenvalue weighted by Crippen LogP contribution is -2.28. The number of aliphatic hydroxyl groups excluding tert-OH is 3. The third-order valence-electron chi connectivity index (χ3n) is 3.83. The van der Waals surface area contributed by atoms with Crippen molar-refractivity contribution in [3.8, 4) is 0 Å². The largest absolute Gasteiger partial charge is 0.396 e. The fourth-order valence-corrected chi connectivity index (χ4v) is 2.76. The first kappa shape index (κ1) is 14.1. The van der Waals surface area contributed by atoms with Crippen molar-refractivity contribution < 1.29 is 20.1 Å². The number of fused-ring (bicyclic) bond motifs is 1. The third kappa shape index (κ3) is 2.23. The first-order valence-corrected chi connectivity index (χ1v) is 6.65. The Morgan fingerprint density at radius 3 is 2.81 bits per heavy atom. The fraction of sp³-hybridized carbons (Fsp3) is 0.583. The molecule has 1 aliphatic heterocycles. The molecule has 1 aliphatic rings. The second-order valence-corrected chi connectivity index (χ2v) is 5.00. The molecule has 9 nitrogen and oxygen atoms in total. The quantitative estimate of drug-likeness (QED) is 0.543. The van der Waals surface area contributed by atoms with E-state index in [1.165, 1.54) is 12.7 Å². The SMILES string of the molecule is Nc1ncnc2c1ncn2C1OC(CO)C(CCO)C1O. The highest BCUT2D eigenvalue weighted by atomic mass is 16.5. The highest BCUT2D eigenvalue weighted by Gasteiger charge is 2.44. The molecule has 5 N–H and O–H groups in total. The normalized spacial score (nSPS) is 29.3. The topological polar surface area (TPSA) is 140 Å². The number of aliphatic hydroxyl groups is 3. The summed E-state index contributed by atoms with van der Waals surface area (Å²) < 4.78 is 7.26. The van der Waals surface area contributed by atoms with Crippen molar-refractivity contribution in [1.82, 2.24) is 19.5 Å². The van der Waals surface area contributed by atoms with Crippen molar-refractivity contribution in [2.75, 3.05) is 18.9 Å². The summed E-state index contributed by atoms with van der Waals surface area (Å²) in [6, 6.07) is 0. The minimum Gasteiger partial charge on any atom is -0.396 e. The predicted molar refractivity (Wildman–Crippen MR) is 71.9 cm³/mol. The van der Waals surface area contributed by atoms with Crippen LogP contribution < -0.4 is 5.73 Å². The number of ether oxygens (including phenoxy) is 1. The lowest BCUT2D eigenvalue weighted by atomic mass is 9.95. The van der Waals surface area contributed by atoms with E-state index in [4.69, 9.17) is 15.6 Å². The van der Waals surface area contributed by atoms with Crippen LogP contribution in [0, 0.1) is 5.92 Å². The Morgan fingerprint density at radius 1 is 1.29 bits per heavy atom. The van der Waals surface area contributed by atoms with Crippen LogP contribution in [0.1, 0.15) is 12.6 Å². The van der Waals surface area contributed by atoms with E-state index in [1.807, 2.05) is 0 Å². The van der Waals surface area contributed by atoms with Gasteiger partial charge in [-0.15, -0.1) is 0 Å². The molecule has 3 heterocycles. The molecule has 2 aromatic heterocycles. The van der Waals surface area contributed by atoms with Gasteiger partial charge in [0.1, 0.15) is 17.9 Å². The van der Waals surface area contributed by atoms with Crippen LogP contribution in [0.5, 0.6) is 0 Å². The second kappa shape index (κ2) is 5.53. The van der Waals surface area contributed by atoms with Gasteiger partial charge in [-0.2, -0.15) is 0 Å². The molecule has 0 spiro atoms. The number of anilines is 1. The number of nitrogens with two attached hydrogens (primary N) is 1. The van der Waals surface area contributed by atoms with Crippen molar-refractivity contribution in [2.45, 2.75) is 24.9 Å². The van der Waals surface area contributed by atoms with Crippen LogP contribution in [-0.2, 0) is 4.74 Å². The van der Waals surface area contributed by atoms with Gasteiger partial charge in [0, 0.05) is 12.5 Å². The zero-order valence-corrected chi connectivity index (χ0v) is 11.2. The molecule has 114 valence electrons. The van der Waals surface area contributed by atoms with Gasteiger partial charge in [0.2, 0.25) is 0 Å². The maximum Gasteiger partial charge on any atom is 0.167 e. The Kier molecular flexibility index (Phi) is 3.72. The molecular weight excluding hydrogens is 278 g/mol. The lowest BCUT2D eigenvalue weighted by Gasteiger charge is -2.18. The number of nitrogen functional groups attached to an aromatic ring is 1. The van der Waals surface area contributed by atoms with E-state index >= 15 is 0 Å². The highest BCUT2D eigenvalue weighted by molar-refractivity contribution is 5.81. The molecule has 21 heavy (non-hydrogen) atoms. The van der Waals surface area contributed by atoms with Crippen molar-refractivity contribution in [2.24, 2.45) is 5.92 Å². The van der Waals surface area contributed by atoms with E-state index in [1.54, 1.807) is 4.57 Å².